The molecule has 27 nitrogen and oxygen atoms in total. The third-order valence-corrected chi connectivity index (χ3v) is 24.0. The molecule has 606 valence electrons. The Morgan fingerprint density at radius 1 is 0.546 bits per heavy atom. The second-order valence-corrected chi connectivity index (χ2v) is 32.5. The van der Waals surface area contributed by atoms with E-state index in [0.717, 1.165) is 30.3 Å². The van der Waals surface area contributed by atoms with E-state index in [2.05, 4.69) is 29.4 Å². The summed E-state index contributed by atoms with van der Waals surface area (Å²) in [5.41, 5.74) is -3.41. The topological polar surface area (TPSA) is 301 Å². The van der Waals surface area contributed by atoms with E-state index < -0.39 is 155 Å². The molecule has 0 saturated carbocycles. The Labute approximate surface area is 640 Å². The number of amides is 4. The van der Waals surface area contributed by atoms with Crippen LogP contribution in [-0.4, -0.2) is 237 Å². The molecule has 2 aromatic carbocycles. The van der Waals surface area contributed by atoms with Crippen molar-refractivity contribution in [1.29, 1.82) is 0 Å². The Hall–Kier alpha value is -6.85. The fourth-order valence-electron chi connectivity index (χ4n) is 17.4. The number of benzene rings is 2. The van der Waals surface area contributed by atoms with Crippen LogP contribution in [0.4, 0.5) is 19.2 Å². The number of rotatable bonds is 16. The predicted molar refractivity (Wildman–Crippen MR) is 401 cm³/mol. The van der Waals surface area contributed by atoms with Crippen LogP contribution in [0, 0.1) is 47.3 Å². The highest BCUT2D eigenvalue weighted by molar-refractivity contribution is 6.00. The third-order valence-electron chi connectivity index (χ3n) is 24.0. The first-order valence-corrected chi connectivity index (χ1v) is 38.7. The minimum Gasteiger partial charge on any atom is -0.458 e. The van der Waals surface area contributed by atoms with E-state index in [0.29, 0.717) is 12.8 Å². The average molecular weight is 1520 g/mol. The van der Waals surface area contributed by atoms with Gasteiger partial charge in [-0.3, -0.25) is 19.2 Å². The lowest BCUT2D eigenvalue weighted by atomic mass is 9.78. The lowest BCUT2D eigenvalue weighted by molar-refractivity contribution is -0.283. The van der Waals surface area contributed by atoms with Crippen LogP contribution in [-0.2, 0) is 94.0 Å². The quantitative estimate of drug-likeness (QED) is 0.0683. The van der Waals surface area contributed by atoms with Crippen LogP contribution in [0.5, 0.6) is 0 Å². The highest BCUT2D eigenvalue weighted by Crippen LogP contribution is 2.43. The molecule has 2 N–H and O–H groups in total. The van der Waals surface area contributed by atoms with Gasteiger partial charge in [-0.1, -0.05) is 123 Å². The summed E-state index contributed by atoms with van der Waals surface area (Å²) >= 11 is 0. The standard InChI is InChI=1S/C41H65N3O10.C40H61N3O11/c1-13-30-20-31(43(10)11)25(4)37(51-30)53-35-26(5)33(45)27(6)36(46)52-32(14-2)41(9)34(42-38(47)54-41)28(7)44(22-24(3)21-40(35,8)49-12)39(48)50-23-29-18-16-15-17-19-29;1-12-31-40(8)33(41-37(47)54-40)27(6)43(38(48)50-22-28-16-14-13-15-17-28)20-23(2)19-39(7,49-11)34(25(4)32(45)26(5)35(46)52-31)53-36-24(3)30(42(9)10)18-29(21-44)51-36/h15-19,24-28,30-32,34-35,37H,13-14,20-23H2,1-12H3,(H,42,47);13-17,21,23-27,29-31,33-34,36H,12,18-20,22H2,1-11H3,(H,41,47)/t24-,25?,26+,27?,28-,30?,31?,32-,34-,35-,37+,40-,41-;23-,24?,25+,26?,27-,29?,30?,31-,33-,34-,36+,39-,40-/m11/s1. The van der Waals surface area contributed by atoms with Crippen molar-refractivity contribution in [1.82, 2.24) is 30.2 Å². The monoisotopic (exact) mass is 1520 g/mol. The SMILES string of the molecule is CCC1CC(N(C)C)C(C)[C@H](O[C@@H]2[C@@H](C)C(=O)C(C)C(=O)O[C@H](CC)[C@@]3(C)OC(=O)N[C@@H]3[C@@H](C)N(C(=O)OCc3ccccc3)C[C@H](C)C[C@@]2(C)OC)O1.CC[C@H]1OC(=O)C(C)C(=O)[C@H](C)[C@@H](O[C@@H]2OC(C=O)CC(N(C)C)C2C)[C@](C)(OC)C[C@@H](C)CN(C(=O)OCc2ccccc2)[C@H](C)[C@H]2NC(=O)O[C@@]21C. The molecule has 0 bridgehead atoms. The van der Waals surface area contributed by atoms with Crippen LogP contribution in [0.15, 0.2) is 60.7 Å². The third kappa shape index (κ3) is 20.3. The van der Waals surface area contributed by atoms with Crippen molar-refractivity contribution in [2.75, 3.05) is 55.5 Å². The summed E-state index contributed by atoms with van der Waals surface area (Å²) in [7, 11) is 11.1. The summed E-state index contributed by atoms with van der Waals surface area (Å²) < 4.78 is 74.7. The maximum atomic E-state index is 14.4. The van der Waals surface area contributed by atoms with Gasteiger partial charge in [0.2, 0.25) is 0 Å². The second-order valence-electron chi connectivity index (χ2n) is 32.5. The highest BCUT2D eigenvalue weighted by atomic mass is 16.7. The zero-order chi connectivity index (χ0) is 80.2. The smallest absolute Gasteiger partial charge is 0.410 e. The van der Waals surface area contributed by atoms with E-state index in [1.165, 1.54) is 21.0 Å². The first kappa shape index (κ1) is 88.4. The minimum atomic E-state index is -1.41. The Bertz CT molecular complexity index is 3350. The maximum absolute atomic E-state index is 14.4. The lowest BCUT2D eigenvalue weighted by Crippen LogP contribution is -2.61. The van der Waals surface area contributed by atoms with Crippen molar-refractivity contribution < 1.29 is 100.0 Å². The molecule has 8 rings (SSSR count). The molecule has 26 atom stereocenters. The van der Waals surface area contributed by atoms with Crippen LogP contribution >= 0.6 is 0 Å². The van der Waals surface area contributed by atoms with Crippen LogP contribution in [0.2, 0.25) is 0 Å². The van der Waals surface area contributed by atoms with E-state index in [1.807, 2.05) is 142 Å². The van der Waals surface area contributed by atoms with Crippen LogP contribution in [0.25, 0.3) is 0 Å². The van der Waals surface area contributed by atoms with Gasteiger partial charge in [0.25, 0.3) is 0 Å². The molecule has 6 saturated heterocycles. The van der Waals surface area contributed by atoms with Crippen LogP contribution < -0.4 is 10.6 Å². The van der Waals surface area contributed by atoms with Gasteiger partial charge in [-0.2, -0.15) is 0 Å². The molecule has 8 unspecified atom stereocenters. The van der Waals surface area contributed by atoms with Crippen LogP contribution in [0.1, 0.15) is 174 Å². The number of cyclic esters (lactones) is 2. The number of methoxy groups -OCH3 is 2. The van der Waals surface area contributed by atoms with Gasteiger partial charge in [-0.25, -0.2) is 19.2 Å². The van der Waals surface area contributed by atoms with Crippen LogP contribution in [0.3, 0.4) is 0 Å². The maximum Gasteiger partial charge on any atom is 0.410 e. The van der Waals surface area contributed by atoms with Gasteiger partial charge in [0, 0.05) is 63.1 Å². The van der Waals surface area contributed by atoms with E-state index >= 15 is 0 Å². The van der Waals surface area contributed by atoms with Gasteiger partial charge in [-0.05, 0) is 151 Å². The van der Waals surface area contributed by atoms with Crippen molar-refractivity contribution in [2.24, 2.45) is 47.3 Å². The number of esters is 2. The summed E-state index contributed by atoms with van der Waals surface area (Å²) in [5, 5.41) is 5.76. The molecule has 6 aliphatic heterocycles. The Morgan fingerprint density at radius 2 is 0.917 bits per heavy atom. The number of aldehydes is 1. The number of Topliss-reactive ketones (excluding diaryl/α,β-unsaturated/α-hetero) is 2. The molecule has 6 heterocycles. The molecule has 0 radical (unpaired) electrons. The summed E-state index contributed by atoms with van der Waals surface area (Å²) in [6, 6.07) is 15.8. The number of hydrogen-bond donors (Lipinski definition) is 2. The summed E-state index contributed by atoms with van der Waals surface area (Å²) in [5.74, 6) is -7.23. The lowest BCUT2D eigenvalue weighted by Gasteiger charge is -2.48. The molecule has 0 spiro atoms. The molecule has 0 aromatic heterocycles. The fraction of sp³-hybridized carbons (Fsp3) is 0.741. The second kappa shape index (κ2) is 37.9. The fourth-order valence-corrected chi connectivity index (χ4v) is 17.4. The van der Waals surface area contributed by atoms with E-state index in [4.69, 9.17) is 56.8 Å². The number of alkyl carbamates (subject to hydrolysis) is 2. The first-order valence-electron chi connectivity index (χ1n) is 38.7. The van der Waals surface area contributed by atoms with Crippen molar-refractivity contribution in [3.8, 4) is 0 Å². The van der Waals surface area contributed by atoms with E-state index in [9.17, 15) is 43.2 Å². The summed E-state index contributed by atoms with van der Waals surface area (Å²) in [6.07, 6.45) is -4.54. The number of nitrogens with one attached hydrogen (secondary N) is 2. The number of ether oxygens (including phenoxy) is 12. The predicted octanol–water partition coefficient (Wildman–Crippen LogP) is 10.7. The number of hydrogen-bond acceptors (Lipinski definition) is 23. The normalized spacial score (nSPS) is 38.4. The molecule has 6 fully saturated rings. The van der Waals surface area contributed by atoms with Crippen molar-refractivity contribution >= 4 is 54.2 Å². The molecule has 27 heteroatoms. The highest BCUT2D eigenvalue weighted by Gasteiger charge is 2.60. The molecule has 0 aliphatic carbocycles. The zero-order valence-electron chi connectivity index (χ0n) is 68.2. The molecule has 4 amide bonds. The summed E-state index contributed by atoms with van der Waals surface area (Å²) in [6.45, 7) is 31.4. The molecular weight excluding hydrogens is 1390 g/mol. The van der Waals surface area contributed by atoms with Gasteiger partial charge < -0.3 is 91.9 Å². The van der Waals surface area contributed by atoms with Gasteiger partial charge in [0.15, 0.2) is 35.3 Å². The number of carbonyl (C=O) groups is 9. The van der Waals surface area contributed by atoms with Crippen molar-refractivity contribution in [2.45, 2.75) is 284 Å². The molecule has 6 aliphatic rings. The van der Waals surface area contributed by atoms with Gasteiger partial charge in [-0.15, -0.1) is 0 Å². The van der Waals surface area contributed by atoms with Gasteiger partial charge in [0.1, 0.15) is 49.6 Å². The average Bonchev–Trinajstić information content (AvgIpc) is 1.57. The summed E-state index contributed by atoms with van der Waals surface area (Å²) in [4.78, 5) is 130. The van der Waals surface area contributed by atoms with Crippen molar-refractivity contribution in [3.05, 3.63) is 71.8 Å². The Morgan fingerprint density at radius 3 is 1.26 bits per heavy atom. The number of fused-ring (bicyclic) bond motifs is 2. The Balaban J connectivity index is 0.000000301. The van der Waals surface area contributed by atoms with Crippen molar-refractivity contribution in [3.63, 3.8) is 0 Å². The number of nitrogens with zero attached hydrogens (tertiary/aromatic N) is 4. The minimum absolute atomic E-state index is 0.0236. The van der Waals surface area contributed by atoms with E-state index in [1.54, 1.807) is 58.5 Å². The van der Waals surface area contributed by atoms with Gasteiger partial charge in [0.05, 0.1) is 53.7 Å². The number of ketones is 2. The zero-order valence-corrected chi connectivity index (χ0v) is 68.2. The Kier molecular flexibility index (Phi) is 31.0. The van der Waals surface area contributed by atoms with E-state index in [-0.39, 0.29) is 93.2 Å². The largest absolute Gasteiger partial charge is 0.458 e. The number of carbonyl (C=O) groups excluding carboxylic acids is 9. The molecule has 108 heavy (non-hydrogen) atoms. The first-order chi connectivity index (χ1) is 50.8. The van der Waals surface area contributed by atoms with Gasteiger partial charge >= 0.3 is 36.3 Å². The molecule has 2 aromatic rings. The molecular formula is C81H126N6O21.